The number of aromatic hydroxyl groups is 1. The van der Waals surface area contributed by atoms with Gasteiger partial charge in [-0.2, -0.15) is 0 Å². The van der Waals surface area contributed by atoms with Crippen LogP contribution >= 0.6 is 0 Å². The molecular formula is C24H33FN6O5. The molecule has 2 atom stereocenters. The van der Waals surface area contributed by atoms with Gasteiger partial charge in [0.15, 0.2) is 0 Å². The summed E-state index contributed by atoms with van der Waals surface area (Å²) in [6.07, 6.45) is 3.75. The molecule has 4 fully saturated rings. The Morgan fingerprint density at radius 1 is 1.11 bits per heavy atom. The quantitative estimate of drug-likeness (QED) is 0.319. The molecule has 0 aromatic carbocycles. The Balaban J connectivity index is 1.40. The maximum Gasteiger partial charge on any atom is 0.334 e. The zero-order chi connectivity index (χ0) is 26.2. The molecule has 12 heteroatoms. The highest BCUT2D eigenvalue weighted by atomic mass is 19.1. The average molecular weight is 505 g/mol. The van der Waals surface area contributed by atoms with E-state index in [0.29, 0.717) is 51.4 Å². The first-order valence-corrected chi connectivity index (χ1v) is 12.5. The summed E-state index contributed by atoms with van der Waals surface area (Å²) in [5.74, 6) is -1.61. The van der Waals surface area contributed by atoms with E-state index in [2.05, 4.69) is 0 Å². The molecule has 1 aromatic heterocycles. The van der Waals surface area contributed by atoms with Gasteiger partial charge >= 0.3 is 11.7 Å². The van der Waals surface area contributed by atoms with E-state index in [-0.39, 0.29) is 36.2 Å². The van der Waals surface area contributed by atoms with Crippen molar-refractivity contribution in [1.29, 1.82) is 5.41 Å². The minimum absolute atomic E-state index is 0.0564. The third-order valence-corrected chi connectivity index (χ3v) is 9.17. The Morgan fingerprint density at radius 3 is 2.25 bits per heavy atom. The number of carbonyl (C=O) groups excluding carboxylic acids is 2. The zero-order valence-corrected chi connectivity index (χ0v) is 20.6. The number of nitrogens with one attached hydrogen (secondary N) is 1. The van der Waals surface area contributed by atoms with Crippen LogP contribution in [0, 0.1) is 16.7 Å². The van der Waals surface area contributed by atoms with Crippen molar-refractivity contribution in [3.05, 3.63) is 26.4 Å². The summed E-state index contributed by atoms with van der Waals surface area (Å²) in [7, 11) is 3.14. The summed E-state index contributed by atoms with van der Waals surface area (Å²) in [5.41, 5.74) is 2.79. The van der Waals surface area contributed by atoms with Gasteiger partial charge in [-0.15, -0.1) is 0 Å². The predicted octanol–water partition coefficient (Wildman–Crippen LogP) is 1.30. The van der Waals surface area contributed by atoms with Gasteiger partial charge in [0.2, 0.25) is 5.88 Å². The van der Waals surface area contributed by atoms with E-state index >= 15 is 0 Å². The summed E-state index contributed by atoms with van der Waals surface area (Å²) in [6, 6.07) is -0.756. The van der Waals surface area contributed by atoms with Crippen LogP contribution in [0.2, 0.25) is 0 Å². The fourth-order valence-electron chi connectivity index (χ4n) is 7.17. The topological polar surface area (TPSA) is 155 Å². The van der Waals surface area contributed by atoms with Crippen molar-refractivity contribution in [3.63, 3.8) is 0 Å². The van der Waals surface area contributed by atoms with E-state index < -0.39 is 46.3 Å². The zero-order valence-electron chi connectivity index (χ0n) is 20.6. The standard InChI is InChI=1S/C24H33FN6O5/c1-28-20(34)24(29(2)21(28)35)11-23(12-24)7-5-15(6-8-23)31-19(33)16(17(26)27)18(32)30(22(31)36)10-13-3-4-14(25)9-13/h13-15,32H,3-12H2,1-2H3,(H3,26,27)/t13-,14+,15?,23?,24?/m0/s1. The molecule has 1 saturated heterocycles. The second-order valence-corrected chi connectivity index (χ2v) is 11.3. The van der Waals surface area contributed by atoms with E-state index in [9.17, 15) is 28.7 Å². The van der Waals surface area contributed by atoms with Crippen molar-refractivity contribution in [3.8, 4) is 5.88 Å². The van der Waals surface area contributed by atoms with E-state index in [1.807, 2.05) is 0 Å². The lowest BCUT2D eigenvalue weighted by Gasteiger charge is -2.57. The van der Waals surface area contributed by atoms with Gasteiger partial charge in [-0.1, -0.05) is 0 Å². The average Bonchev–Trinajstić information content (AvgIpc) is 3.29. The summed E-state index contributed by atoms with van der Waals surface area (Å²) >= 11 is 0. The number of carbonyl (C=O) groups is 2. The van der Waals surface area contributed by atoms with Crippen molar-refractivity contribution in [2.24, 2.45) is 17.1 Å². The van der Waals surface area contributed by atoms with Crippen LogP contribution in [0.4, 0.5) is 9.18 Å². The largest absolute Gasteiger partial charge is 0.494 e. The van der Waals surface area contributed by atoms with Gasteiger partial charge in [0.05, 0.1) is 0 Å². The number of alkyl halides is 1. The molecule has 2 spiro atoms. The maximum absolute atomic E-state index is 13.7. The fraction of sp³-hybridized carbons (Fsp3) is 0.708. The molecule has 0 radical (unpaired) electrons. The normalized spacial score (nSPS) is 34.1. The predicted molar refractivity (Wildman–Crippen MR) is 128 cm³/mol. The molecule has 1 aromatic rings. The number of nitrogens with zero attached hydrogens (tertiary/aromatic N) is 4. The third kappa shape index (κ3) is 3.40. The minimum Gasteiger partial charge on any atom is -0.494 e. The molecule has 0 bridgehead atoms. The lowest BCUT2D eigenvalue weighted by atomic mass is 9.51. The van der Waals surface area contributed by atoms with E-state index in [1.165, 1.54) is 11.9 Å². The molecule has 3 amide bonds. The molecule has 2 heterocycles. The minimum atomic E-state index is -0.952. The van der Waals surface area contributed by atoms with Crippen molar-refractivity contribution < 1.29 is 19.1 Å². The van der Waals surface area contributed by atoms with Gasteiger partial charge in [-0.05, 0) is 69.1 Å². The number of aromatic nitrogens is 2. The van der Waals surface area contributed by atoms with Crippen LogP contribution in [0.15, 0.2) is 9.59 Å². The van der Waals surface area contributed by atoms with Gasteiger partial charge in [0.25, 0.3) is 11.5 Å². The van der Waals surface area contributed by atoms with Gasteiger partial charge in [-0.3, -0.25) is 29.0 Å². The Hall–Kier alpha value is -3.18. The molecule has 11 nitrogen and oxygen atoms in total. The lowest BCUT2D eigenvalue weighted by Crippen LogP contribution is -2.63. The molecule has 5 rings (SSSR count). The Kier molecular flexibility index (Phi) is 5.56. The van der Waals surface area contributed by atoms with Crippen molar-refractivity contribution in [1.82, 2.24) is 18.9 Å². The summed E-state index contributed by atoms with van der Waals surface area (Å²) in [6.45, 7) is 0.0564. The highest BCUT2D eigenvalue weighted by Gasteiger charge is 2.66. The molecular weight excluding hydrogens is 471 g/mol. The molecule has 196 valence electrons. The number of hydrogen-bond acceptors (Lipinski definition) is 6. The fourth-order valence-corrected chi connectivity index (χ4v) is 7.17. The number of imide groups is 1. The van der Waals surface area contributed by atoms with E-state index in [1.54, 1.807) is 7.05 Å². The van der Waals surface area contributed by atoms with Gasteiger partial charge in [-0.25, -0.2) is 14.0 Å². The van der Waals surface area contributed by atoms with Crippen LogP contribution in [0.1, 0.15) is 69.4 Å². The highest BCUT2D eigenvalue weighted by Crippen LogP contribution is 2.61. The number of hydrogen-bond donors (Lipinski definition) is 3. The molecule has 36 heavy (non-hydrogen) atoms. The lowest BCUT2D eigenvalue weighted by molar-refractivity contribution is -0.148. The first kappa shape index (κ1) is 24.5. The number of rotatable bonds is 4. The Labute approximate surface area is 207 Å². The third-order valence-electron chi connectivity index (χ3n) is 9.17. The molecule has 1 aliphatic heterocycles. The monoisotopic (exact) mass is 504 g/mol. The second kappa shape index (κ2) is 8.17. The molecule has 4 aliphatic rings. The van der Waals surface area contributed by atoms with Crippen LogP contribution in [-0.2, 0) is 11.3 Å². The number of urea groups is 1. The number of halogens is 1. The van der Waals surface area contributed by atoms with Crippen LogP contribution in [0.5, 0.6) is 5.88 Å². The van der Waals surface area contributed by atoms with Crippen molar-refractivity contribution in [2.45, 2.75) is 82.1 Å². The molecule has 3 aliphatic carbocycles. The van der Waals surface area contributed by atoms with Crippen LogP contribution in [-0.4, -0.2) is 67.6 Å². The molecule has 4 N–H and O–H groups in total. The summed E-state index contributed by atoms with van der Waals surface area (Å²) < 4.78 is 15.9. The van der Waals surface area contributed by atoms with Crippen LogP contribution in [0.25, 0.3) is 0 Å². The summed E-state index contributed by atoms with van der Waals surface area (Å²) in [4.78, 5) is 54.4. The number of nitrogens with two attached hydrogens (primary N) is 1. The number of amidine groups is 1. The van der Waals surface area contributed by atoms with E-state index in [0.717, 1.165) is 14.0 Å². The smallest absolute Gasteiger partial charge is 0.334 e. The number of amides is 3. The Morgan fingerprint density at radius 2 is 1.75 bits per heavy atom. The first-order chi connectivity index (χ1) is 16.9. The van der Waals surface area contributed by atoms with Gasteiger partial charge in [0.1, 0.15) is 23.1 Å². The summed E-state index contributed by atoms with van der Waals surface area (Å²) in [5, 5.41) is 18.5. The van der Waals surface area contributed by atoms with Gasteiger partial charge < -0.3 is 15.7 Å². The number of nitrogen functional groups attached to an aromatic ring is 1. The second-order valence-electron chi connectivity index (χ2n) is 11.3. The maximum atomic E-state index is 13.7. The number of likely N-dealkylation sites (N-methyl/N-ethyl adjacent to an activating group) is 2. The van der Waals surface area contributed by atoms with Crippen LogP contribution < -0.4 is 17.0 Å². The molecule has 3 saturated carbocycles. The van der Waals surface area contributed by atoms with Crippen molar-refractivity contribution >= 4 is 17.8 Å². The van der Waals surface area contributed by atoms with E-state index in [4.69, 9.17) is 11.1 Å². The van der Waals surface area contributed by atoms with Crippen molar-refractivity contribution in [2.75, 3.05) is 14.1 Å². The molecule has 0 unspecified atom stereocenters. The Bertz CT molecular complexity index is 1250. The SMILES string of the molecule is CN1C(=O)N(C)C2(CC3(CCC(n4c(=O)c(C(=N)N)c(O)n(C[C@H]5CC[C@@H](F)C5)c4=O)CC3)C2)C1=O. The highest BCUT2D eigenvalue weighted by molar-refractivity contribution is 6.07. The first-order valence-electron chi connectivity index (χ1n) is 12.5. The van der Waals surface area contributed by atoms with Crippen LogP contribution in [0.3, 0.4) is 0 Å². The van der Waals surface area contributed by atoms with Gasteiger partial charge in [0, 0.05) is 26.7 Å².